The second-order valence-electron chi connectivity index (χ2n) is 3.60. The van der Waals surface area contributed by atoms with Gasteiger partial charge in [-0.3, -0.25) is 9.69 Å². The Bertz CT molecular complexity index is 200. The van der Waals surface area contributed by atoms with Gasteiger partial charge < -0.3 is 20.4 Å². The summed E-state index contributed by atoms with van der Waals surface area (Å²) >= 11 is 0. The number of aliphatic hydroxyl groups excluding tert-OH is 3. The number of aliphatic hydroxyl groups is 3. The Morgan fingerprint density at radius 2 is 1.86 bits per heavy atom. The summed E-state index contributed by atoms with van der Waals surface area (Å²) in [6.45, 7) is 0.718. The van der Waals surface area contributed by atoms with Gasteiger partial charge in [-0.25, -0.2) is 0 Å². The van der Waals surface area contributed by atoms with Gasteiger partial charge in [0.05, 0.1) is 24.7 Å². The highest BCUT2D eigenvalue weighted by atomic mass is 16.4. The van der Waals surface area contributed by atoms with Crippen molar-refractivity contribution in [2.24, 2.45) is 0 Å². The van der Waals surface area contributed by atoms with Gasteiger partial charge in [0.25, 0.3) is 0 Å². The first kappa shape index (κ1) is 11.4. The molecular formula is C8H15NO5. The Morgan fingerprint density at radius 1 is 1.36 bits per heavy atom. The largest absolute Gasteiger partial charge is 0.481 e. The number of carbonyl (C=O) groups is 1. The predicted molar refractivity (Wildman–Crippen MR) is 46.7 cm³/mol. The van der Waals surface area contributed by atoms with Crippen LogP contribution in [0.1, 0.15) is 6.42 Å². The van der Waals surface area contributed by atoms with Gasteiger partial charge in [0, 0.05) is 19.6 Å². The van der Waals surface area contributed by atoms with Crippen molar-refractivity contribution in [2.45, 2.75) is 24.7 Å². The highest BCUT2D eigenvalue weighted by Gasteiger charge is 2.30. The van der Waals surface area contributed by atoms with Crippen LogP contribution in [0.2, 0.25) is 0 Å². The molecule has 0 bridgehead atoms. The van der Waals surface area contributed by atoms with Crippen LogP contribution in [0.15, 0.2) is 0 Å². The number of carboxylic acid groups (broad SMARTS) is 1. The minimum absolute atomic E-state index is 0.167. The number of rotatable bonds is 4. The average molecular weight is 205 g/mol. The standard InChI is InChI=1S/C8H15NO5/c10-5(1-8(13)14)2-9-3-6(11)7(12)4-9/h5-7,10-12H,1-4H2,(H,13,14). The van der Waals surface area contributed by atoms with E-state index in [1.807, 2.05) is 0 Å². The normalized spacial score (nSPS) is 30.5. The fourth-order valence-corrected chi connectivity index (χ4v) is 1.56. The first-order valence-corrected chi connectivity index (χ1v) is 4.47. The molecule has 6 nitrogen and oxygen atoms in total. The molecule has 1 heterocycles. The van der Waals surface area contributed by atoms with Gasteiger partial charge in [0.2, 0.25) is 0 Å². The molecule has 6 heteroatoms. The molecule has 1 aliphatic heterocycles. The van der Waals surface area contributed by atoms with E-state index in [0.717, 1.165) is 0 Å². The number of β-amino-alcohol motifs (C(OH)–C–C–N with tert-alkyl or cyclic N) is 3. The van der Waals surface area contributed by atoms with E-state index in [4.69, 9.17) is 5.11 Å². The van der Waals surface area contributed by atoms with E-state index < -0.39 is 24.3 Å². The summed E-state index contributed by atoms with van der Waals surface area (Å²) in [4.78, 5) is 11.9. The Morgan fingerprint density at radius 3 is 2.29 bits per heavy atom. The SMILES string of the molecule is O=C(O)CC(O)CN1CC(O)C(O)C1. The molecule has 0 spiro atoms. The van der Waals surface area contributed by atoms with E-state index >= 15 is 0 Å². The van der Waals surface area contributed by atoms with Crippen molar-refractivity contribution in [1.82, 2.24) is 4.90 Å². The molecule has 4 N–H and O–H groups in total. The van der Waals surface area contributed by atoms with Crippen LogP contribution in [0, 0.1) is 0 Å². The second-order valence-corrected chi connectivity index (χ2v) is 3.60. The molecule has 3 unspecified atom stereocenters. The Balaban J connectivity index is 2.28. The minimum Gasteiger partial charge on any atom is -0.481 e. The summed E-state index contributed by atoms with van der Waals surface area (Å²) < 4.78 is 0. The fraction of sp³-hybridized carbons (Fsp3) is 0.875. The van der Waals surface area contributed by atoms with Crippen molar-refractivity contribution in [3.05, 3.63) is 0 Å². The molecule has 0 saturated carbocycles. The molecule has 0 amide bonds. The highest BCUT2D eigenvalue weighted by Crippen LogP contribution is 2.10. The molecule has 0 aliphatic carbocycles. The summed E-state index contributed by atoms with van der Waals surface area (Å²) in [6.07, 6.45) is -2.87. The van der Waals surface area contributed by atoms with Gasteiger partial charge in [-0.15, -0.1) is 0 Å². The van der Waals surface area contributed by atoms with Crippen molar-refractivity contribution in [3.63, 3.8) is 0 Å². The molecular weight excluding hydrogens is 190 g/mol. The molecule has 3 atom stereocenters. The summed E-state index contributed by atoms with van der Waals surface area (Å²) in [6, 6.07) is 0. The Kier molecular flexibility index (Phi) is 3.82. The molecule has 1 rings (SSSR count). The van der Waals surface area contributed by atoms with Gasteiger partial charge >= 0.3 is 5.97 Å². The lowest BCUT2D eigenvalue weighted by atomic mass is 10.2. The van der Waals surface area contributed by atoms with Crippen LogP contribution in [0.25, 0.3) is 0 Å². The molecule has 82 valence electrons. The molecule has 1 aliphatic rings. The lowest BCUT2D eigenvalue weighted by Crippen LogP contribution is -2.32. The van der Waals surface area contributed by atoms with Crippen LogP contribution in [-0.4, -0.2) is 69.2 Å². The number of hydrogen-bond acceptors (Lipinski definition) is 5. The van der Waals surface area contributed by atoms with Crippen molar-refractivity contribution >= 4 is 5.97 Å². The van der Waals surface area contributed by atoms with Crippen molar-refractivity contribution in [2.75, 3.05) is 19.6 Å². The smallest absolute Gasteiger partial charge is 0.306 e. The zero-order valence-electron chi connectivity index (χ0n) is 7.70. The highest BCUT2D eigenvalue weighted by molar-refractivity contribution is 5.67. The van der Waals surface area contributed by atoms with E-state index in [1.165, 1.54) is 0 Å². The van der Waals surface area contributed by atoms with Crippen LogP contribution in [-0.2, 0) is 4.79 Å². The van der Waals surface area contributed by atoms with Crippen LogP contribution >= 0.6 is 0 Å². The number of hydrogen-bond donors (Lipinski definition) is 4. The van der Waals surface area contributed by atoms with Gasteiger partial charge in [-0.2, -0.15) is 0 Å². The van der Waals surface area contributed by atoms with Crippen molar-refractivity contribution in [1.29, 1.82) is 0 Å². The molecule has 0 aromatic heterocycles. The molecule has 0 aromatic carbocycles. The minimum atomic E-state index is -1.06. The third kappa shape index (κ3) is 3.22. The summed E-state index contributed by atoms with van der Waals surface area (Å²) in [5.41, 5.74) is 0. The third-order valence-corrected chi connectivity index (χ3v) is 2.21. The molecule has 1 fully saturated rings. The maximum atomic E-state index is 10.2. The Hall–Kier alpha value is -0.690. The molecule has 1 saturated heterocycles. The third-order valence-electron chi connectivity index (χ3n) is 2.21. The monoisotopic (exact) mass is 205 g/mol. The van der Waals surface area contributed by atoms with Crippen molar-refractivity contribution < 1.29 is 25.2 Å². The lowest BCUT2D eigenvalue weighted by Gasteiger charge is -2.17. The van der Waals surface area contributed by atoms with Crippen LogP contribution in [0.5, 0.6) is 0 Å². The summed E-state index contributed by atoms with van der Waals surface area (Å²) in [5, 5.41) is 36.0. The van der Waals surface area contributed by atoms with Crippen LogP contribution in [0.4, 0.5) is 0 Å². The van der Waals surface area contributed by atoms with Gasteiger partial charge in [-0.1, -0.05) is 0 Å². The Labute approximate surface area is 81.4 Å². The number of carboxylic acids is 1. The van der Waals surface area contributed by atoms with E-state index in [-0.39, 0.29) is 26.1 Å². The quantitative estimate of drug-likeness (QED) is 0.418. The zero-order valence-corrected chi connectivity index (χ0v) is 7.70. The molecule has 0 radical (unpaired) electrons. The predicted octanol–water partition coefficient (Wildman–Crippen LogP) is -2.14. The maximum Gasteiger partial charge on any atom is 0.306 e. The van der Waals surface area contributed by atoms with E-state index in [1.54, 1.807) is 4.90 Å². The maximum absolute atomic E-state index is 10.2. The summed E-state index contributed by atoms with van der Waals surface area (Å²) in [7, 11) is 0. The fourth-order valence-electron chi connectivity index (χ4n) is 1.56. The van der Waals surface area contributed by atoms with Crippen molar-refractivity contribution in [3.8, 4) is 0 Å². The first-order valence-electron chi connectivity index (χ1n) is 4.47. The summed E-state index contributed by atoms with van der Waals surface area (Å²) in [5.74, 6) is -1.06. The topological polar surface area (TPSA) is 101 Å². The van der Waals surface area contributed by atoms with Gasteiger partial charge in [0.15, 0.2) is 0 Å². The molecule has 14 heavy (non-hydrogen) atoms. The number of aliphatic carboxylic acids is 1. The molecule has 0 aromatic rings. The van der Waals surface area contributed by atoms with E-state index in [9.17, 15) is 20.1 Å². The lowest BCUT2D eigenvalue weighted by molar-refractivity contribution is -0.139. The average Bonchev–Trinajstić information content (AvgIpc) is 2.28. The van der Waals surface area contributed by atoms with Crippen LogP contribution < -0.4 is 0 Å². The number of likely N-dealkylation sites (tertiary alicyclic amines) is 1. The first-order chi connectivity index (χ1) is 6.49. The van der Waals surface area contributed by atoms with Gasteiger partial charge in [0.1, 0.15) is 0 Å². The number of nitrogens with zero attached hydrogens (tertiary/aromatic N) is 1. The zero-order chi connectivity index (χ0) is 10.7. The van der Waals surface area contributed by atoms with Gasteiger partial charge in [-0.05, 0) is 0 Å². The second kappa shape index (κ2) is 4.70. The van der Waals surface area contributed by atoms with E-state index in [0.29, 0.717) is 0 Å². The van der Waals surface area contributed by atoms with Crippen LogP contribution in [0.3, 0.4) is 0 Å². The van der Waals surface area contributed by atoms with E-state index in [2.05, 4.69) is 0 Å².